The summed E-state index contributed by atoms with van der Waals surface area (Å²) < 4.78 is 0. The van der Waals surface area contributed by atoms with Gasteiger partial charge in [0.15, 0.2) is 5.78 Å². The maximum Gasteiger partial charge on any atom is 0.153 e. The fourth-order valence-electron chi connectivity index (χ4n) is 4.64. The smallest absolute Gasteiger partial charge is 0.153 e. The molecule has 2 nitrogen and oxygen atoms in total. The minimum absolute atomic E-state index is 0.282. The van der Waals surface area contributed by atoms with Gasteiger partial charge >= 0.3 is 0 Å². The Bertz CT molecular complexity index is 365. The predicted octanol–water partition coefficient (Wildman–Crippen LogP) is 3.03. The van der Waals surface area contributed by atoms with Crippen molar-refractivity contribution in [3.05, 3.63) is 0 Å². The molecule has 3 rings (SSSR count). The Balaban J connectivity index is 1.67. The lowest BCUT2D eigenvalue weighted by atomic mass is 9.88. The summed E-state index contributed by atoms with van der Waals surface area (Å²) in [6.07, 6.45) is 4.81. The van der Waals surface area contributed by atoms with Crippen LogP contribution in [0.3, 0.4) is 0 Å². The first-order valence-corrected chi connectivity index (χ1v) is 7.06. The van der Waals surface area contributed by atoms with Crippen molar-refractivity contribution in [3.63, 3.8) is 0 Å². The van der Waals surface area contributed by atoms with Crippen molar-refractivity contribution in [3.8, 4) is 6.07 Å². The van der Waals surface area contributed by atoms with E-state index in [1.54, 1.807) is 0 Å². The van der Waals surface area contributed by atoms with E-state index in [4.69, 9.17) is 5.26 Å². The van der Waals surface area contributed by atoms with E-state index in [1.807, 2.05) is 0 Å². The van der Waals surface area contributed by atoms with Gasteiger partial charge in [0.1, 0.15) is 5.92 Å². The molecule has 17 heavy (non-hydrogen) atoms. The predicted molar refractivity (Wildman–Crippen MR) is 64.9 cm³/mol. The third-order valence-electron chi connectivity index (χ3n) is 5.27. The second-order valence-corrected chi connectivity index (χ2v) is 6.73. The number of carbonyl (C=O) groups is 1. The van der Waals surface area contributed by atoms with E-state index < -0.39 is 0 Å². The topological polar surface area (TPSA) is 40.9 Å². The maximum absolute atomic E-state index is 12.4. The first-order valence-electron chi connectivity index (χ1n) is 7.06. The Morgan fingerprint density at radius 3 is 2.35 bits per heavy atom. The Morgan fingerprint density at radius 1 is 1.29 bits per heavy atom. The van der Waals surface area contributed by atoms with Crippen LogP contribution in [-0.2, 0) is 4.79 Å². The van der Waals surface area contributed by atoms with Gasteiger partial charge in [-0.1, -0.05) is 13.8 Å². The average Bonchev–Trinajstić information content (AvgIpc) is 2.73. The highest BCUT2D eigenvalue weighted by molar-refractivity contribution is 5.89. The number of Topliss-reactive ketones (excluding diaryl/α,β-unsaturated/α-hetero) is 1. The minimum atomic E-state index is -0.329. The van der Waals surface area contributed by atoms with Crippen LogP contribution in [0.1, 0.15) is 39.5 Å². The molecule has 3 aliphatic rings. The van der Waals surface area contributed by atoms with Crippen molar-refractivity contribution in [2.45, 2.75) is 39.5 Å². The molecular formula is C15H21NO. The molecule has 0 aromatic carbocycles. The second-order valence-electron chi connectivity index (χ2n) is 6.73. The highest BCUT2D eigenvalue weighted by Crippen LogP contribution is 2.70. The first-order chi connectivity index (χ1) is 8.13. The molecule has 0 heterocycles. The standard InChI is InChI=1S/C15H21NO/c1-8(2)5-11(7-16)15(17)14-12-9-3-4-10(6-9)13(12)14/h8-14H,3-6H2,1-2H3. The Kier molecular flexibility index (Phi) is 2.54. The number of hydrogen-bond donors (Lipinski definition) is 0. The van der Waals surface area contributed by atoms with Crippen molar-refractivity contribution in [1.29, 1.82) is 5.26 Å². The molecule has 5 unspecified atom stereocenters. The van der Waals surface area contributed by atoms with E-state index >= 15 is 0 Å². The van der Waals surface area contributed by atoms with Gasteiger partial charge in [0, 0.05) is 5.92 Å². The number of hydrogen-bond acceptors (Lipinski definition) is 2. The molecule has 3 saturated carbocycles. The maximum atomic E-state index is 12.4. The lowest BCUT2D eigenvalue weighted by Gasteiger charge is -2.13. The molecule has 0 saturated heterocycles. The van der Waals surface area contributed by atoms with Crippen molar-refractivity contribution < 1.29 is 4.79 Å². The van der Waals surface area contributed by atoms with Crippen LogP contribution >= 0.6 is 0 Å². The summed E-state index contributed by atoms with van der Waals surface area (Å²) in [5, 5.41) is 9.16. The van der Waals surface area contributed by atoms with Crippen molar-refractivity contribution in [2.75, 3.05) is 0 Å². The van der Waals surface area contributed by atoms with Crippen LogP contribution in [0.2, 0.25) is 0 Å². The molecule has 2 bridgehead atoms. The van der Waals surface area contributed by atoms with Crippen molar-refractivity contribution in [1.82, 2.24) is 0 Å². The molecule has 0 N–H and O–H groups in total. The number of ketones is 1. The summed E-state index contributed by atoms with van der Waals surface area (Å²) >= 11 is 0. The molecule has 5 atom stereocenters. The van der Waals surface area contributed by atoms with Crippen LogP contribution in [0.4, 0.5) is 0 Å². The Labute approximate surface area is 103 Å². The van der Waals surface area contributed by atoms with Crippen LogP contribution < -0.4 is 0 Å². The number of fused-ring (bicyclic) bond motifs is 5. The quantitative estimate of drug-likeness (QED) is 0.746. The van der Waals surface area contributed by atoms with Crippen LogP contribution in [0, 0.1) is 52.8 Å². The van der Waals surface area contributed by atoms with E-state index in [1.165, 1.54) is 19.3 Å². The first kappa shape index (κ1) is 11.3. The molecule has 0 amide bonds. The molecule has 0 radical (unpaired) electrons. The van der Waals surface area contributed by atoms with Crippen LogP contribution in [-0.4, -0.2) is 5.78 Å². The van der Waals surface area contributed by atoms with Gasteiger partial charge in [0.2, 0.25) is 0 Å². The van der Waals surface area contributed by atoms with Gasteiger partial charge in [-0.25, -0.2) is 0 Å². The molecule has 0 spiro atoms. The van der Waals surface area contributed by atoms with E-state index in [-0.39, 0.29) is 17.6 Å². The number of carbonyl (C=O) groups excluding carboxylic acids is 1. The zero-order valence-corrected chi connectivity index (χ0v) is 10.7. The van der Waals surface area contributed by atoms with Crippen molar-refractivity contribution >= 4 is 5.78 Å². The molecule has 2 heteroatoms. The zero-order chi connectivity index (χ0) is 12.2. The fraction of sp³-hybridized carbons (Fsp3) is 0.867. The molecule has 0 aliphatic heterocycles. The van der Waals surface area contributed by atoms with Gasteiger partial charge in [-0.2, -0.15) is 5.26 Å². The number of nitriles is 1. The van der Waals surface area contributed by atoms with Gasteiger partial charge in [0.05, 0.1) is 6.07 Å². The highest BCUT2D eigenvalue weighted by Gasteiger charge is 2.67. The average molecular weight is 231 g/mol. The van der Waals surface area contributed by atoms with Crippen LogP contribution in [0.15, 0.2) is 0 Å². The summed E-state index contributed by atoms with van der Waals surface area (Å²) in [5.74, 6) is 3.71. The van der Waals surface area contributed by atoms with Crippen LogP contribution in [0.25, 0.3) is 0 Å². The van der Waals surface area contributed by atoms with Gasteiger partial charge in [0.25, 0.3) is 0 Å². The van der Waals surface area contributed by atoms with Crippen molar-refractivity contribution in [2.24, 2.45) is 41.4 Å². The summed E-state index contributed by atoms with van der Waals surface area (Å²) in [7, 11) is 0. The molecule has 0 aromatic heterocycles. The monoisotopic (exact) mass is 231 g/mol. The van der Waals surface area contributed by atoms with Gasteiger partial charge in [-0.3, -0.25) is 4.79 Å². The van der Waals surface area contributed by atoms with E-state index in [2.05, 4.69) is 19.9 Å². The summed E-state index contributed by atoms with van der Waals surface area (Å²) in [5.41, 5.74) is 0. The van der Waals surface area contributed by atoms with Gasteiger partial charge in [-0.05, 0) is 55.3 Å². The third-order valence-corrected chi connectivity index (χ3v) is 5.27. The normalized spacial score (nSPS) is 43.3. The lowest BCUT2D eigenvalue weighted by Crippen LogP contribution is -2.20. The van der Waals surface area contributed by atoms with Gasteiger partial charge in [-0.15, -0.1) is 0 Å². The molecule has 0 aromatic rings. The summed E-state index contributed by atoms with van der Waals surface area (Å²) in [4.78, 5) is 12.4. The number of rotatable bonds is 4. The molecule has 3 aliphatic carbocycles. The highest BCUT2D eigenvalue weighted by atomic mass is 16.1. The fourth-order valence-corrected chi connectivity index (χ4v) is 4.64. The largest absolute Gasteiger partial charge is 0.298 e. The van der Waals surface area contributed by atoms with E-state index in [9.17, 15) is 4.79 Å². The number of nitrogens with zero attached hydrogens (tertiary/aromatic N) is 1. The molecule has 92 valence electrons. The summed E-state index contributed by atoms with van der Waals surface area (Å²) in [6, 6.07) is 2.24. The molecular weight excluding hydrogens is 210 g/mol. The van der Waals surface area contributed by atoms with E-state index in [0.717, 1.165) is 18.3 Å². The zero-order valence-electron chi connectivity index (χ0n) is 10.7. The lowest BCUT2D eigenvalue weighted by molar-refractivity contribution is -0.123. The molecule has 3 fully saturated rings. The van der Waals surface area contributed by atoms with E-state index in [0.29, 0.717) is 17.8 Å². The third kappa shape index (κ3) is 1.63. The Morgan fingerprint density at radius 2 is 1.88 bits per heavy atom. The van der Waals surface area contributed by atoms with Gasteiger partial charge < -0.3 is 0 Å². The van der Waals surface area contributed by atoms with Crippen LogP contribution in [0.5, 0.6) is 0 Å². The minimum Gasteiger partial charge on any atom is -0.298 e. The second kappa shape index (κ2) is 3.83. The summed E-state index contributed by atoms with van der Waals surface area (Å²) in [6.45, 7) is 4.18. The Hall–Kier alpha value is -0.840. The SMILES string of the molecule is CC(C)CC(C#N)C(=O)C1C2C3CCC(C3)C12.